The van der Waals surface area contributed by atoms with Gasteiger partial charge in [0.2, 0.25) is 0 Å². The van der Waals surface area contributed by atoms with Crippen LogP contribution in [0.5, 0.6) is 5.75 Å². The van der Waals surface area contributed by atoms with Crippen molar-refractivity contribution in [3.05, 3.63) is 30.5 Å². The summed E-state index contributed by atoms with van der Waals surface area (Å²) >= 11 is 0. The number of hydrogen-bond donors (Lipinski definition) is 2. The molecule has 0 aliphatic carbocycles. The summed E-state index contributed by atoms with van der Waals surface area (Å²) in [5, 5.41) is 15.0. The van der Waals surface area contributed by atoms with Crippen molar-refractivity contribution in [1.29, 1.82) is 0 Å². The molecule has 0 amide bonds. The van der Waals surface area contributed by atoms with E-state index in [1.54, 1.807) is 13.3 Å². The molecular weight excluding hydrogens is 350 g/mol. The number of methoxy groups -OCH3 is 1. The second kappa shape index (κ2) is 12.6. The van der Waals surface area contributed by atoms with Crippen LogP contribution in [0.4, 0.5) is 5.69 Å². The number of ether oxygens (including phenoxy) is 1. The van der Waals surface area contributed by atoms with Crippen LogP contribution in [0.15, 0.2) is 30.5 Å². The van der Waals surface area contributed by atoms with E-state index in [1.165, 1.54) is 38.5 Å². The van der Waals surface area contributed by atoms with Crippen LogP contribution >= 0.6 is 0 Å². The summed E-state index contributed by atoms with van der Waals surface area (Å²) in [4.78, 5) is 6.90. The van der Waals surface area contributed by atoms with Crippen LogP contribution in [0.3, 0.4) is 0 Å². The van der Waals surface area contributed by atoms with Gasteiger partial charge < -0.3 is 20.1 Å². The molecule has 0 saturated carbocycles. The lowest BCUT2D eigenvalue weighted by molar-refractivity contribution is 0.119. The van der Waals surface area contributed by atoms with Gasteiger partial charge in [0.15, 0.2) is 0 Å². The van der Waals surface area contributed by atoms with Crippen LogP contribution in [0.1, 0.15) is 52.4 Å². The number of aliphatic hydroxyl groups is 1. The van der Waals surface area contributed by atoms with Gasteiger partial charge in [0.1, 0.15) is 5.75 Å². The quantitative estimate of drug-likeness (QED) is 0.460. The molecule has 156 valence electrons. The summed E-state index contributed by atoms with van der Waals surface area (Å²) in [7, 11) is 1.67. The van der Waals surface area contributed by atoms with E-state index in [4.69, 9.17) is 4.74 Å². The first-order chi connectivity index (χ1) is 13.7. The Balaban J connectivity index is 1.95. The number of aromatic nitrogens is 1. The third-order valence-electron chi connectivity index (χ3n) is 5.07. The molecule has 0 spiro atoms. The monoisotopic (exact) mass is 387 g/mol. The summed E-state index contributed by atoms with van der Waals surface area (Å²) in [6.45, 7) is 7.79. The lowest BCUT2D eigenvalue weighted by atomic mass is 10.1. The minimum absolute atomic E-state index is 0.423. The zero-order valence-electron chi connectivity index (χ0n) is 17.8. The van der Waals surface area contributed by atoms with Gasteiger partial charge in [-0.15, -0.1) is 0 Å². The van der Waals surface area contributed by atoms with Crippen molar-refractivity contribution in [3.63, 3.8) is 0 Å². The van der Waals surface area contributed by atoms with E-state index in [1.807, 2.05) is 24.3 Å². The molecular formula is C23H37N3O2. The Morgan fingerprint density at radius 2 is 1.82 bits per heavy atom. The van der Waals surface area contributed by atoms with E-state index in [0.29, 0.717) is 13.1 Å². The summed E-state index contributed by atoms with van der Waals surface area (Å²) in [6, 6.07) is 7.87. The first-order valence-electron chi connectivity index (χ1n) is 10.7. The Kier molecular flexibility index (Phi) is 10.1. The van der Waals surface area contributed by atoms with Gasteiger partial charge in [0.05, 0.1) is 24.4 Å². The number of pyridine rings is 1. The number of aliphatic hydroxyl groups excluding tert-OH is 1. The van der Waals surface area contributed by atoms with Crippen molar-refractivity contribution in [2.45, 2.75) is 58.5 Å². The molecule has 2 N–H and O–H groups in total. The highest BCUT2D eigenvalue weighted by molar-refractivity contribution is 5.91. The van der Waals surface area contributed by atoms with Crippen molar-refractivity contribution in [2.75, 3.05) is 38.6 Å². The van der Waals surface area contributed by atoms with Crippen molar-refractivity contribution in [3.8, 4) is 5.75 Å². The van der Waals surface area contributed by atoms with Gasteiger partial charge in [-0.3, -0.25) is 4.98 Å². The van der Waals surface area contributed by atoms with Crippen molar-refractivity contribution in [1.82, 2.24) is 9.88 Å². The molecule has 28 heavy (non-hydrogen) atoms. The number of unbranched alkanes of at least 4 members (excludes halogenated alkanes) is 4. The second-order valence-corrected chi connectivity index (χ2v) is 7.50. The maximum atomic E-state index is 10.6. The lowest BCUT2D eigenvalue weighted by Crippen LogP contribution is -2.37. The van der Waals surface area contributed by atoms with Crippen LogP contribution in [-0.4, -0.2) is 54.4 Å². The molecule has 1 heterocycles. The molecule has 0 bridgehead atoms. The van der Waals surface area contributed by atoms with Gasteiger partial charge in [-0.05, 0) is 38.1 Å². The van der Waals surface area contributed by atoms with Gasteiger partial charge in [0, 0.05) is 30.7 Å². The SMILES string of the molecule is CCCCCN(CCCCC)CC(O)CNc1cc(OC)cc2cccnc12. The van der Waals surface area contributed by atoms with Gasteiger partial charge in [0.25, 0.3) is 0 Å². The molecule has 2 rings (SSSR count). The summed E-state index contributed by atoms with van der Waals surface area (Å²) in [5.74, 6) is 0.790. The van der Waals surface area contributed by atoms with Gasteiger partial charge >= 0.3 is 0 Å². The summed E-state index contributed by atoms with van der Waals surface area (Å²) in [6.07, 6.45) is 8.72. The molecule has 1 aromatic heterocycles. The fourth-order valence-electron chi connectivity index (χ4n) is 3.47. The van der Waals surface area contributed by atoms with E-state index in [2.05, 4.69) is 29.0 Å². The van der Waals surface area contributed by atoms with Crippen LogP contribution in [-0.2, 0) is 0 Å². The van der Waals surface area contributed by atoms with Crippen LogP contribution in [0.25, 0.3) is 10.9 Å². The maximum absolute atomic E-state index is 10.6. The zero-order chi connectivity index (χ0) is 20.2. The molecule has 1 unspecified atom stereocenters. The lowest BCUT2D eigenvalue weighted by Gasteiger charge is -2.25. The predicted molar refractivity (Wildman–Crippen MR) is 118 cm³/mol. The molecule has 0 radical (unpaired) electrons. The van der Waals surface area contributed by atoms with Crippen molar-refractivity contribution >= 4 is 16.6 Å². The number of fused-ring (bicyclic) bond motifs is 1. The molecule has 2 aromatic rings. The topological polar surface area (TPSA) is 57.6 Å². The highest BCUT2D eigenvalue weighted by atomic mass is 16.5. The summed E-state index contributed by atoms with van der Waals surface area (Å²) < 4.78 is 5.41. The fourth-order valence-corrected chi connectivity index (χ4v) is 3.47. The number of hydrogen-bond acceptors (Lipinski definition) is 5. The number of rotatable bonds is 14. The van der Waals surface area contributed by atoms with E-state index in [-0.39, 0.29) is 0 Å². The normalized spacial score (nSPS) is 12.5. The molecule has 1 aromatic carbocycles. The standard InChI is InChI=1S/C23H37N3O2/c1-4-6-8-13-26(14-9-7-5-2)18-20(27)17-25-22-16-21(28-3)15-19-11-10-12-24-23(19)22/h10-12,15-16,20,25,27H,4-9,13-14,17-18H2,1-3H3. The average molecular weight is 388 g/mol. The minimum Gasteiger partial charge on any atom is -0.497 e. The average Bonchev–Trinajstić information content (AvgIpc) is 2.72. The summed E-state index contributed by atoms with van der Waals surface area (Å²) in [5.41, 5.74) is 1.80. The molecule has 1 atom stereocenters. The second-order valence-electron chi connectivity index (χ2n) is 7.50. The van der Waals surface area contributed by atoms with Gasteiger partial charge in [-0.25, -0.2) is 0 Å². The largest absolute Gasteiger partial charge is 0.497 e. The first-order valence-corrected chi connectivity index (χ1v) is 10.7. The number of nitrogens with one attached hydrogen (secondary N) is 1. The van der Waals surface area contributed by atoms with Crippen molar-refractivity contribution in [2.24, 2.45) is 0 Å². The first kappa shape index (κ1) is 22.4. The Hall–Kier alpha value is -1.85. The number of benzene rings is 1. The van der Waals surface area contributed by atoms with Crippen LogP contribution in [0, 0.1) is 0 Å². The Morgan fingerprint density at radius 1 is 1.11 bits per heavy atom. The maximum Gasteiger partial charge on any atom is 0.121 e. The molecule has 0 saturated heterocycles. The third kappa shape index (κ3) is 7.28. The van der Waals surface area contributed by atoms with Crippen LogP contribution < -0.4 is 10.1 Å². The number of nitrogens with zero attached hydrogens (tertiary/aromatic N) is 2. The molecule has 5 nitrogen and oxygen atoms in total. The Bertz CT molecular complexity index is 683. The van der Waals surface area contributed by atoms with Crippen LogP contribution in [0.2, 0.25) is 0 Å². The minimum atomic E-state index is -0.423. The molecule has 0 aliphatic rings. The van der Waals surface area contributed by atoms with E-state index in [9.17, 15) is 5.11 Å². The zero-order valence-corrected chi connectivity index (χ0v) is 17.8. The Labute approximate surface area is 170 Å². The third-order valence-corrected chi connectivity index (χ3v) is 5.07. The highest BCUT2D eigenvalue weighted by Crippen LogP contribution is 2.27. The Morgan fingerprint density at radius 3 is 2.46 bits per heavy atom. The van der Waals surface area contributed by atoms with E-state index >= 15 is 0 Å². The predicted octanol–water partition coefficient (Wildman–Crippen LogP) is 4.70. The molecule has 5 heteroatoms. The number of anilines is 1. The smallest absolute Gasteiger partial charge is 0.121 e. The molecule has 0 fully saturated rings. The van der Waals surface area contributed by atoms with Gasteiger partial charge in [-0.1, -0.05) is 45.6 Å². The fraction of sp³-hybridized carbons (Fsp3) is 0.609. The van der Waals surface area contributed by atoms with E-state index in [0.717, 1.165) is 35.4 Å². The highest BCUT2D eigenvalue weighted by Gasteiger charge is 2.13. The van der Waals surface area contributed by atoms with Crippen molar-refractivity contribution < 1.29 is 9.84 Å². The van der Waals surface area contributed by atoms with Gasteiger partial charge in [-0.2, -0.15) is 0 Å². The molecule has 0 aliphatic heterocycles. The van der Waals surface area contributed by atoms with E-state index < -0.39 is 6.10 Å².